The van der Waals surface area contributed by atoms with E-state index in [-0.39, 0.29) is 110 Å². The summed E-state index contributed by atoms with van der Waals surface area (Å²) >= 11 is 0. The minimum atomic E-state index is -1.31. The number of aliphatic hydroxyl groups is 1. The lowest BCUT2D eigenvalue weighted by Gasteiger charge is -2.59. The van der Waals surface area contributed by atoms with E-state index in [1.165, 1.54) is 19.3 Å². The molecule has 7 aliphatic rings. The summed E-state index contributed by atoms with van der Waals surface area (Å²) in [5.74, 6) is -3.22. The fourth-order valence-electron chi connectivity index (χ4n) is 13.4. The highest BCUT2D eigenvalue weighted by molar-refractivity contribution is 6.12. The van der Waals surface area contributed by atoms with Crippen LogP contribution in [0.4, 0.5) is 4.79 Å². The number of amides is 5. The topological polar surface area (TPSA) is 256 Å². The fourth-order valence-corrected chi connectivity index (χ4v) is 13.4. The normalized spacial score (nSPS) is 33.7. The van der Waals surface area contributed by atoms with Crippen LogP contribution in [0.15, 0.2) is 36.0 Å². The van der Waals surface area contributed by atoms with Crippen molar-refractivity contribution in [2.45, 2.75) is 173 Å². The van der Waals surface area contributed by atoms with E-state index in [2.05, 4.69) is 24.5 Å². The molecule has 0 bridgehead atoms. The molecule has 0 aromatic rings. The van der Waals surface area contributed by atoms with Gasteiger partial charge in [-0.2, -0.15) is 0 Å². The van der Waals surface area contributed by atoms with Gasteiger partial charge in [0.2, 0.25) is 5.91 Å². The van der Waals surface area contributed by atoms with E-state index in [0.29, 0.717) is 57.8 Å². The molecule has 4 aliphatic carbocycles. The second-order valence-corrected chi connectivity index (χ2v) is 21.8. The number of fused-ring (bicyclic) bond motifs is 7. The lowest BCUT2D eigenvalue weighted by atomic mass is 9.46. The second-order valence-electron chi connectivity index (χ2n) is 21.8. The van der Waals surface area contributed by atoms with E-state index in [1.54, 1.807) is 12.2 Å². The van der Waals surface area contributed by atoms with E-state index < -0.39 is 65.0 Å². The summed E-state index contributed by atoms with van der Waals surface area (Å²) in [6.07, 6.45) is 13.2. The number of methoxy groups -OCH3 is 1. The van der Waals surface area contributed by atoms with Crippen LogP contribution in [0.25, 0.3) is 0 Å². The highest BCUT2D eigenvalue weighted by Crippen LogP contribution is 2.69. The van der Waals surface area contributed by atoms with Crippen molar-refractivity contribution in [3.05, 3.63) is 36.0 Å². The third-order valence-corrected chi connectivity index (χ3v) is 16.9. The Morgan fingerprint density at radius 3 is 2.42 bits per heavy atom. The number of ketones is 3. The van der Waals surface area contributed by atoms with Gasteiger partial charge in [0.25, 0.3) is 11.8 Å². The van der Waals surface area contributed by atoms with Crippen molar-refractivity contribution in [2.75, 3.05) is 33.4 Å². The molecule has 0 aromatic carbocycles. The predicted molar refractivity (Wildman–Crippen MR) is 256 cm³/mol. The number of nitrogens with zero attached hydrogens (tertiary/aromatic N) is 1. The number of carbonyl (C=O) groups is 8. The number of unbranched alkanes of at least 4 members (excludes halogenated alkanes) is 2. The van der Waals surface area contributed by atoms with Crippen LogP contribution >= 0.6 is 0 Å². The lowest BCUT2D eigenvalue weighted by molar-refractivity contribution is -0.202. The van der Waals surface area contributed by atoms with Crippen LogP contribution in [0.3, 0.4) is 0 Å². The van der Waals surface area contributed by atoms with Gasteiger partial charge in [-0.15, -0.1) is 0 Å². The van der Waals surface area contributed by atoms with Gasteiger partial charge < -0.3 is 45.2 Å². The van der Waals surface area contributed by atoms with Crippen molar-refractivity contribution < 1.29 is 67.1 Å². The fraction of sp³-hybridized carbons (Fsp3) is 0.736. The summed E-state index contributed by atoms with van der Waals surface area (Å²) in [5.41, 5.74) is 3.83. The zero-order valence-electron chi connectivity index (χ0n) is 42.2. The Hall–Kier alpha value is -4.62. The first-order chi connectivity index (χ1) is 33.8. The summed E-state index contributed by atoms with van der Waals surface area (Å²) in [6, 6.07) is -1.56. The summed E-state index contributed by atoms with van der Waals surface area (Å²) in [5, 5.41) is 17.4. The molecule has 0 radical (unpaired) electrons. The van der Waals surface area contributed by atoms with Crippen molar-refractivity contribution in [3.63, 3.8) is 0 Å². The highest BCUT2D eigenvalue weighted by atomic mass is 16.7. The number of aliphatic hydroxyl groups excluding tert-OH is 1. The van der Waals surface area contributed by atoms with E-state index in [9.17, 15) is 43.5 Å². The number of urea groups is 1. The molecule has 13 atom stereocenters. The van der Waals surface area contributed by atoms with Gasteiger partial charge in [0.1, 0.15) is 13.2 Å². The van der Waals surface area contributed by atoms with Gasteiger partial charge in [-0.3, -0.25) is 38.5 Å². The molecule has 18 heteroatoms. The van der Waals surface area contributed by atoms with Gasteiger partial charge in [0.05, 0.1) is 36.4 Å². The molecule has 0 spiro atoms. The molecule has 3 heterocycles. The summed E-state index contributed by atoms with van der Waals surface area (Å²) in [6.45, 7) is 8.12. The molecule has 18 nitrogen and oxygen atoms in total. The number of rotatable bonds is 24. The molecule has 3 aliphatic heterocycles. The minimum Gasteiger partial charge on any atom is -0.463 e. The number of carbonyl (C=O) groups excluding carboxylic acids is 8. The number of esters is 1. The lowest BCUT2D eigenvalue weighted by Crippen LogP contribution is -2.63. The number of nitrogens with two attached hydrogens (primary N) is 1. The predicted octanol–water partition coefficient (Wildman–Crippen LogP) is 4.48. The molecule has 5 fully saturated rings. The molecule has 7 rings (SSSR count). The van der Waals surface area contributed by atoms with Gasteiger partial charge in [0.15, 0.2) is 29.2 Å². The molecule has 2 saturated heterocycles. The molecule has 5 amide bonds. The number of hydrogen-bond donors (Lipinski definition) is 4. The number of hydrogen-bond acceptors (Lipinski definition) is 14. The van der Waals surface area contributed by atoms with Crippen LogP contribution in [0.1, 0.15) is 130 Å². The van der Waals surface area contributed by atoms with E-state index in [0.717, 1.165) is 36.2 Å². The first-order valence-corrected chi connectivity index (χ1v) is 26.0. The Morgan fingerprint density at radius 2 is 1.70 bits per heavy atom. The molecule has 3 saturated carbocycles. The van der Waals surface area contributed by atoms with Gasteiger partial charge in [0, 0.05) is 68.4 Å². The average Bonchev–Trinajstić information content (AvgIpc) is 3.94. The van der Waals surface area contributed by atoms with Crippen LogP contribution in [0, 0.1) is 40.4 Å². The summed E-state index contributed by atoms with van der Waals surface area (Å²) in [4.78, 5) is 103. The molecular weight excluding hydrogens is 917 g/mol. The maximum Gasteiger partial charge on any atom is 0.312 e. The van der Waals surface area contributed by atoms with Crippen molar-refractivity contribution in [1.29, 1.82) is 0 Å². The Labute approximate surface area is 416 Å². The number of primary amides is 1. The van der Waals surface area contributed by atoms with E-state index in [1.807, 2.05) is 19.9 Å². The maximum atomic E-state index is 14.3. The Balaban J connectivity index is 0.911. The standard InChI is InChI=1S/C53H76N4O14/c1-31(2)48(56-43(62)14-7-6-8-24-57-44(63)18-19-45(57)64)39(59)25-32(11-10-23-55-50(54)66)49(65)68-29-36-13-9-12-35(69-36)16-20-46-70-42-27-38-37-17-15-33-26-34(58)21-22-51(33,3)47(37)40(60)28-52(38,4)53(42,71-46)41(61)30-67-5/h18-19,21-22,26,31-32,35-38,40,42,46-48,60H,6-17,20,23-25,27-30H2,1-5H3,(H,56,62)(H3,54,55,66)/t32-,35?,36?,37+,38+,40+,42-,46?,47-,48+,51+,52+,53-/m1/s1. The first-order valence-electron chi connectivity index (χ1n) is 26.0. The largest absolute Gasteiger partial charge is 0.463 e. The smallest absolute Gasteiger partial charge is 0.312 e. The van der Waals surface area contributed by atoms with Gasteiger partial charge in [-0.25, -0.2) is 4.79 Å². The number of nitrogens with one attached hydrogen (secondary N) is 2. The van der Waals surface area contributed by atoms with Crippen molar-refractivity contribution >= 4 is 47.1 Å². The van der Waals surface area contributed by atoms with Crippen molar-refractivity contribution in [1.82, 2.24) is 15.5 Å². The third-order valence-electron chi connectivity index (χ3n) is 16.9. The molecule has 71 heavy (non-hydrogen) atoms. The Bertz CT molecular complexity index is 2120. The quantitative estimate of drug-likeness (QED) is 0.0591. The van der Waals surface area contributed by atoms with Crippen LogP contribution in [-0.4, -0.2) is 133 Å². The molecule has 5 N–H and O–H groups in total. The Morgan fingerprint density at radius 1 is 0.958 bits per heavy atom. The highest BCUT2D eigenvalue weighted by Gasteiger charge is 2.75. The molecular formula is C53H76N4O14. The first kappa shape index (κ1) is 54.2. The van der Waals surface area contributed by atoms with Crippen LogP contribution in [0.5, 0.6) is 0 Å². The third kappa shape index (κ3) is 11.6. The zero-order valence-corrected chi connectivity index (χ0v) is 42.2. The number of imide groups is 1. The Kier molecular flexibility index (Phi) is 17.6. The van der Waals surface area contributed by atoms with Gasteiger partial charge >= 0.3 is 12.0 Å². The van der Waals surface area contributed by atoms with Crippen LogP contribution in [0.2, 0.25) is 0 Å². The van der Waals surface area contributed by atoms with Crippen molar-refractivity contribution in [3.8, 4) is 0 Å². The SMILES string of the molecule is COCC(=O)[C@@]12OC(CCC3CCCC(COC(=O)[C@H](CCCNC(N)=O)CC(=O)[C@@H](NC(=O)CCCCCN4C(=O)C=CC4=O)C(C)C)O3)O[C@@H]1C[C@H]1[C@@H]3CCC4=CC(=O)C=C[C@]4(C)[C@H]3[C@@H](O)C[C@@]12C. The molecule has 392 valence electrons. The van der Waals surface area contributed by atoms with Crippen LogP contribution < -0.4 is 16.4 Å². The monoisotopic (exact) mass is 993 g/mol. The average molecular weight is 993 g/mol. The van der Waals surface area contributed by atoms with Gasteiger partial charge in [-0.1, -0.05) is 45.8 Å². The van der Waals surface area contributed by atoms with E-state index in [4.69, 9.17) is 29.4 Å². The maximum absolute atomic E-state index is 14.3. The number of ether oxygens (including phenoxy) is 5. The number of allylic oxidation sites excluding steroid dienone is 4. The van der Waals surface area contributed by atoms with E-state index >= 15 is 0 Å². The zero-order chi connectivity index (χ0) is 51.3. The second kappa shape index (κ2) is 23.1. The number of Topliss-reactive ketones (excluding diaryl/α,β-unsaturated/α-hetero) is 2. The minimum absolute atomic E-state index is 0.0230. The van der Waals surface area contributed by atoms with Crippen molar-refractivity contribution in [2.24, 2.45) is 46.2 Å². The van der Waals surface area contributed by atoms with Gasteiger partial charge in [-0.05, 0) is 107 Å². The van der Waals surface area contributed by atoms with Crippen LogP contribution in [-0.2, 0) is 57.2 Å². The summed E-state index contributed by atoms with van der Waals surface area (Å²) in [7, 11) is 1.49. The molecule has 0 aromatic heterocycles. The summed E-state index contributed by atoms with van der Waals surface area (Å²) < 4.78 is 31.3. The molecule has 3 unspecified atom stereocenters.